The van der Waals surface area contributed by atoms with Gasteiger partial charge in [0.1, 0.15) is 6.33 Å². The van der Waals surface area contributed by atoms with Crippen LogP contribution in [-0.2, 0) is 4.74 Å². The van der Waals surface area contributed by atoms with Crippen LogP contribution in [0.2, 0.25) is 0 Å². The van der Waals surface area contributed by atoms with Crippen LogP contribution >= 0.6 is 0 Å². The van der Waals surface area contributed by atoms with Gasteiger partial charge in [-0.3, -0.25) is 9.20 Å². The van der Waals surface area contributed by atoms with Crippen LogP contribution in [0.15, 0.2) is 24.7 Å². The Kier molecular flexibility index (Phi) is 3.12. The summed E-state index contributed by atoms with van der Waals surface area (Å²) in [6.45, 7) is 0.789. The number of carbonyl (C=O) groups is 1. The van der Waals surface area contributed by atoms with Crippen molar-refractivity contribution in [3.8, 4) is 0 Å². The van der Waals surface area contributed by atoms with Crippen LogP contribution < -0.4 is 5.32 Å². The molecule has 0 radical (unpaired) electrons. The molecule has 0 unspecified atom stereocenters. The van der Waals surface area contributed by atoms with Crippen molar-refractivity contribution in [3.63, 3.8) is 0 Å². The van der Waals surface area contributed by atoms with Gasteiger partial charge in [0.05, 0.1) is 18.2 Å². The van der Waals surface area contributed by atoms with E-state index in [0.29, 0.717) is 17.1 Å². The molecule has 1 amide bonds. The molecule has 1 aliphatic carbocycles. The van der Waals surface area contributed by atoms with Crippen molar-refractivity contribution in [3.05, 3.63) is 30.2 Å². The number of ether oxygens (including phenoxy) is 1. The number of hydrogen-bond acceptors (Lipinski definition) is 5. The van der Waals surface area contributed by atoms with Crippen molar-refractivity contribution in [2.75, 3.05) is 20.7 Å². The van der Waals surface area contributed by atoms with Gasteiger partial charge in [-0.15, -0.1) is 10.2 Å². The van der Waals surface area contributed by atoms with E-state index in [2.05, 4.69) is 20.4 Å². The van der Waals surface area contributed by atoms with Gasteiger partial charge in [0.25, 0.3) is 5.91 Å². The van der Waals surface area contributed by atoms with Crippen LogP contribution in [0, 0.1) is 5.92 Å². The first-order valence-electron chi connectivity index (χ1n) is 7.53. The number of amides is 1. The maximum atomic E-state index is 12.5. The minimum atomic E-state index is -0.0623. The van der Waals surface area contributed by atoms with Crippen LogP contribution in [0.4, 0.5) is 0 Å². The summed E-state index contributed by atoms with van der Waals surface area (Å²) in [5.41, 5.74) is 1.29. The first-order valence-corrected chi connectivity index (χ1v) is 7.53. The van der Waals surface area contributed by atoms with Crippen molar-refractivity contribution in [2.45, 2.75) is 24.6 Å². The summed E-state index contributed by atoms with van der Waals surface area (Å²) in [4.78, 5) is 14.7. The Hall–Kier alpha value is -1.99. The van der Waals surface area contributed by atoms with E-state index in [1.807, 2.05) is 14.1 Å². The highest BCUT2D eigenvalue weighted by Gasteiger charge is 2.55. The molecule has 116 valence electrons. The van der Waals surface area contributed by atoms with Crippen LogP contribution in [0.3, 0.4) is 0 Å². The molecule has 2 aromatic heterocycles. The van der Waals surface area contributed by atoms with Gasteiger partial charge < -0.3 is 15.0 Å². The van der Waals surface area contributed by atoms with Gasteiger partial charge in [-0.2, -0.15) is 0 Å². The Bertz CT molecular complexity index is 713. The number of likely N-dealkylation sites (N-methyl/N-ethyl adjacent to an activating group) is 1. The summed E-state index contributed by atoms with van der Waals surface area (Å²) in [5.74, 6) is 0.362. The van der Waals surface area contributed by atoms with E-state index < -0.39 is 0 Å². The number of fused-ring (bicyclic) bond motifs is 2. The molecular formula is C15H19N5O2. The van der Waals surface area contributed by atoms with Gasteiger partial charge in [0.2, 0.25) is 0 Å². The monoisotopic (exact) mass is 301 g/mol. The summed E-state index contributed by atoms with van der Waals surface area (Å²) in [6, 6.07) is 3.93. The van der Waals surface area contributed by atoms with E-state index >= 15 is 0 Å². The van der Waals surface area contributed by atoms with Crippen LogP contribution in [-0.4, -0.2) is 64.3 Å². The largest absolute Gasteiger partial charge is 0.376 e. The van der Waals surface area contributed by atoms with Crippen molar-refractivity contribution < 1.29 is 9.53 Å². The number of rotatable bonds is 3. The zero-order valence-corrected chi connectivity index (χ0v) is 12.6. The lowest BCUT2D eigenvalue weighted by Crippen LogP contribution is -2.69. The van der Waals surface area contributed by atoms with E-state index in [4.69, 9.17) is 4.74 Å². The van der Waals surface area contributed by atoms with Crippen molar-refractivity contribution >= 4 is 11.6 Å². The van der Waals surface area contributed by atoms with Crippen molar-refractivity contribution in [1.82, 2.24) is 24.8 Å². The zero-order valence-electron chi connectivity index (χ0n) is 12.6. The van der Waals surface area contributed by atoms with E-state index in [1.54, 1.807) is 29.1 Å². The van der Waals surface area contributed by atoms with Gasteiger partial charge >= 0.3 is 0 Å². The Morgan fingerprint density at radius 2 is 2.36 bits per heavy atom. The summed E-state index contributed by atoms with van der Waals surface area (Å²) in [5, 5.41) is 11.0. The number of carbonyl (C=O) groups excluding carboxylic acids is 1. The third kappa shape index (κ3) is 2.00. The van der Waals surface area contributed by atoms with Gasteiger partial charge in [-0.1, -0.05) is 0 Å². The lowest BCUT2D eigenvalue weighted by atomic mass is 9.71. The predicted octanol–water partition coefficient (Wildman–Crippen LogP) is 0.177. The molecule has 1 aliphatic heterocycles. The predicted molar refractivity (Wildman–Crippen MR) is 79.6 cm³/mol. The summed E-state index contributed by atoms with van der Waals surface area (Å²) >= 11 is 0. The third-order valence-electron chi connectivity index (χ3n) is 4.81. The Morgan fingerprint density at radius 1 is 1.50 bits per heavy atom. The fraction of sp³-hybridized carbons (Fsp3) is 0.533. The molecule has 1 saturated heterocycles. The van der Waals surface area contributed by atoms with Crippen LogP contribution in [0.1, 0.15) is 16.8 Å². The Balaban J connectivity index is 1.53. The molecule has 1 N–H and O–H groups in total. The Morgan fingerprint density at radius 3 is 3.18 bits per heavy atom. The second-order valence-electron chi connectivity index (χ2n) is 6.25. The molecule has 3 heterocycles. The quantitative estimate of drug-likeness (QED) is 0.875. The summed E-state index contributed by atoms with van der Waals surface area (Å²) in [7, 11) is 4.06. The molecule has 0 bridgehead atoms. The highest BCUT2D eigenvalue weighted by molar-refractivity contribution is 5.95. The fourth-order valence-corrected chi connectivity index (χ4v) is 3.68. The molecule has 2 fully saturated rings. The molecule has 2 aliphatic rings. The second kappa shape index (κ2) is 5.03. The van der Waals surface area contributed by atoms with Crippen LogP contribution in [0.5, 0.6) is 0 Å². The van der Waals surface area contributed by atoms with E-state index in [9.17, 15) is 4.79 Å². The highest BCUT2D eigenvalue weighted by Crippen LogP contribution is 2.41. The molecule has 4 atom stereocenters. The second-order valence-corrected chi connectivity index (χ2v) is 6.25. The van der Waals surface area contributed by atoms with Gasteiger partial charge in [-0.05, 0) is 32.6 Å². The minimum Gasteiger partial charge on any atom is -0.376 e. The Labute approximate surface area is 128 Å². The molecule has 4 rings (SSSR count). The smallest absolute Gasteiger partial charge is 0.251 e. The van der Waals surface area contributed by atoms with Crippen LogP contribution in [0.25, 0.3) is 5.65 Å². The fourth-order valence-electron chi connectivity index (χ4n) is 3.68. The maximum absolute atomic E-state index is 12.5. The summed E-state index contributed by atoms with van der Waals surface area (Å²) in [6.07, 6.45) is 4.68. The molecule has 7 nitrogen and oxygen atoms in total. The number of pyridine rings is 1. The molecule has 0 spiro atoms. The van der Waals surface area contributed by atoms with Gasteiger partial charge in [0, 0.05) is 24.3 Å². The van der Waals surface area contributed by atoms with Crippen molar-refractivity contribution in [2.24, 2.45) is 5.92 Å². The van der Waals surface area contributed by atoms with Gasteiger partial charge in [0.15, 0.2) is 5.65 Å². The third-order valence-corrected chi connectivity index (χ3v) is 4.81. The average molecular weight is 301 g/mol. The number of aromatic nitrogens is 3. The topological polar surface area (TPSA) is 71.8 Å². The van der Waals surface area contributed by atoms with Gasteiger partial charge in [-0.25, -0.2) is 0 Å². The number of nitrogens with zero attached hydrogens (tertiary/aromatic N) is 4. The van der Waals surface area contributed by atoms with E-state index in [1.165, 1.54) is 0 Å². The molecule has 7 heteroatoms. The summed E-state index contributed by atoms with van der Waals surface area (Å²) < 4.78 is 7.56. The highest BCUT2D eigenvalue weighted by atomic mass is 16.5. The first-order chi connectivity index (χ1) is 10.6. The average Bonchev–Trinajstić information content (AvgIpc) is 3.10. The number of nitrogens with one attached hydrogen (secondary N) is 1. The standard InChI is InChI=1S/C15H19N5O2/c1-19(2)13-12(10-4-6-22-14(10)13)17-15(21)9-3-5-20-8-16-18-11(20)7-9/h3,5,7-8,10,12-14H,4,6H2,1-2H3,(H,17,21)/t10-,12+,13-,14-/m1/s1. The van der Waals surface area contributed by atoms with E-state index in [-0.39, 0.29) is 24.1 Å². The molecule has 1 saturated carbocycles. The van der Waals surface area contributed by atoms with E-state index in [0.717, 1.165) is 13.0 Å². The normalized spacial score (nSPS) is 30.3. The lowest BCUT2D eigenvalue weighted by Gasteiger charge is -2.50. The minimum absolute atomic E-state index is 0.0623. The molecular weight excluding hydrogens is 282 g/mol. The molecule has 22 heavy (non-hydrogen) atoms. The molecule has 2 aromatic rings. The zero-order chi connectivity index (χ0) is 15.3. The lowest BCUT2D eigenvalue weighted by molar-refractivity contribution is -0.0664. The SMILES string of the molecule is CN(C)[C@@H]1[C@@H](NC(=O)c2ccn3cnnc3c2)[C@H]2CCO[C@H]21. The first kappa shape index (κ1) is 13.7. The maximum Gasteiger partial charge on any atom is 0.251 e. The molecule has 0 aromatic carbocycles. The number of hydrogen-bond donors (Lipinski definition) is 1. The van der Waals surface area contributed by atoms with Crippen molar-refractivity contribution in [1.29, 1.82) is 0 Å².